The number of carbonyl (C=O) groups is 2. The molecule has 2 aliphatic rings. The molecule has 3 rings (SSSR count). The van der Waals surface area contributed by atoms with Crippen molar-refractivity contribution in [2.24, 2.45) is 11.8 Å². The van der Waals surface area contributed by atoms with Crippen LogP contribution in [0.3, 0.4) is 0 Å². The zero-order valence-electron chi connectivity index (χ0n) is 14.0. The SMILES string of the molecule is C=CCN1C(=O)C2CCC(C(=O)NCc3cccnc3)CC2NC1=S. The third kappa shape index (κ3) is 3.87. The molecule has 2 fully saturated rings. The fourth-order valence-electron chi connectivity index (χ4n) is 3.54. The first-order chi connectivity index (χ1) is 12.1. The van der Waals surface area contributed by atoms with Crippen molar-refractivity contribution in [2.45, 2.75) is 31.8 Å². The second kappa shape index (κ2) is 7.74. The van der Waals surface area contributed by atoms with E-state index in [4.69, 9.17) is 12.2 Å². The van der Waals surface area contributed by atoms with Gasteiger partial charge in [-0.15, -0.1) is 6.58 Å². The monoisotopic (exact) mass is 358 g/mol. The number of hydrogen-bond donors (Lipinski definition) is 2. The van der Waals surface area contributed by atoms with Crippen molar-refractivity contribution in [1.29, 1.82) is 0 Å². The Hall–Kier alpha value is -2.28. The van der Waals surface area contributed by atoms with Crippen LogP contribution in [0.1, 0.15) is 24.8 Å². The minimum Gasteiger partial charge on any atom is -0.359 e. The van der Waals surface area contributed by atoms with E-state index in [0.717, 1.165) is 5.56 Å². The van der Waals surface area contributed by atoms with E-state index in [9.17, 15) is 9.59 Å². The molecule has 6 nitrogen and oxygen atoms in total. The van der Waals surface area contributed by atoms with Gasteiger partial charge in [-0.1, -0.05) is 12.1 Å². The van der Waals surface area contributed by atoms with E-state index in [2.05, 4.69) is 22.2 Å². The van der Waals surface area contributed by atoms with Crippen molar-refractivity contribution in [3.63, 3.8) is 0 Å². The molecule has 1 saturated carbocycles. The van der Waals surface area contributed by atoms with Crippen molar-refractivity contribution in [3.8, 4) is 0 Å². The highest BCUT2D eigenvalue weighted by Crippen LogP contribution is 2.33. The second-order valence-electron chi connectivity index (χ2n) is 6.49. The summed E-state index contributed by atoms with van der Waals surface area (Å²) in [5.74, 6) is -0.153. The Balaban J connectivity index is 1.57. The van der Waals surface area contributed by atoms with E-state index in [1.54, 1.807) is 23.4 Å². The molecule has 1 aromatic rings. The second-order valence-corrected chi connectivity index (χ2v) is 6.88. The van der Waals surface area contributed by atoms with Crippen LogP contribution in [0.15, 0.2) is 37.2 Å². The lowest BCUT2D eigenvalue weighted by molar-refractivity contribution is -0.137. The largest absolute Gasteiger partial charge is 0.359 e. The highest BCUT2D eigenvalue weighted by atomic mass is 32.1. The van der Waals surface area contributed by atoms with Gasteiger partial charge < -0.3 is 10.6 Å². The van der Waals surface area contributed by atoms with Crippen LogP contribution in [0.4, 0.5) is 0 Å². The van der Waals surface area contributed by atoms with Crippen molar-refractivity contribution in [2.75, 3.05) is 6.54 Å². The number of pyridine rings is 1. The fourth-order valence-corrected chi connectivity index (χ4v) is 3.85. The van der Waals surface area contributed by atoms with Crippen LogP contribution in [-0.4, -0.2) is 39.4 Å². The van der Waals surface area contributed by atoms with E-state index < -0.39 is 0 Å². The van der Waals surface area contributed by atoms with Crippen molar-refractivity contribution < 1.29 is 9.59 Å². The molecule has 2 amide bonds. The standard InChI is InChI=1S/C18H22N4O2S/c1-2-8-22-17(24)14-6-5-13(9-15(14)21-18(22)25)16(23)20-11-12-4-3-7-19-10-12/h2-4,7,10,13-15H,1,5-6,8-9,11H2,(H,20,23)(H,21,25). The zero-order chi connectivity index (χ0) is 17.8. The van der Waals surface area contributed by atoms with E-state index in [1.165, 1.54) is 0 Å². The van der Waals surface area contributed by atoms with Gasteiger partial charge in [0.2, 0.25) is 11.8 Å². The molecular weight excluding hydrogens is 336 g/mol. The number of carbonyl (C=O) groups excluding carboxylic acids is 2. The third-order valence-corrected chi connectivity index (χ3v) is 5.20. The summed E-state index contributed by atoms with van der Waals surface area (Å²) >= 11 is 5.30. The minimum atomic E-state index is -0.117. The lowest BCUT2D eigenvalue weighted by Crippen LogP contribution is -2.61. The lowest BCUT2D eigenvalue weighted by atomic mass is 9.76. The van der Waals surface area contributed by atoms with E-state index >= 15 is 0 Å². The Morgan fingerprint density at radius 3 is 3.08 bits per heavy atom. The number of hydrogen-bond acceptors (Lipinski definition) is 4. The summed E-state index contributed by atoms with van der Waals surface area (Å²) in [6.45, 7) is 4.56. The maximum atomic E-state index is 12.6. The molecule has 7 heteroatoms. The molecule has 1 aliphatic heterocycles. The maximum Gasteiger partial charge on any atom is 0.234 e. The predicted molar refractivity (Wildman–Crippen MR) is 98.3 cm³/mol. The number of amides is 2. The minimum absolute atomic E-state index is 0.0241. The van der Waals surface area contributed by atoms with Gasteiger partial charge in [-0.3, -0.25) is 19.5 Å². The molecule has 2 heterocycles. The summed E-state index contributed by atoms with van der Waals surface area (Å²) in [5, 5.41) is 6.64. The molecule has 0 radical (unpaired) electrons. The van der Waals surface area contributed by atoms with Gasteiger partial charge in [0.15, 0.2) is 5.11 Å². The van der Waals surface area contributed by atoms with Gasteiger partial charge in [0.25, 0.3) is 0 Å². The Morgan fingerprint density at radius 2 is 2.36 bits per heavy atom. The summed E-state index contributed by atoms with van der Waals surface area (Å²) in [6, 6.07) is 3.71. The molecule has 132 valence electrons. The van der Waals surface area contributed by atoms with Crippen LogP contribution in [0.2, 0.25) is 0 Å². The van der Waals surface area contributed by atoms with Crippen LogP contribution < -0.4 is 10.6 Å². The van der Waals surface area contributed by atoms with Gasteiger partial charge >= 0.3 is 0 Å². The van der Waals surface area contributed by atoms with E-state index in [-0.39, 0.29) is 29.7 Å². The summed E-state index contributed by atoms with van der Waals surface area (Å²) in [5.41, 5.74) is 0.969. The highest BCUT2D eigenvalue weighted by molar-refractivity contribution is 7.80. The van der Waals surface area contributed by atoms with Crippen molar-refractivity contribution >= 4 is 29.1 Å². The summed E-state index contributed by atoms with van der Waals surface area (Å²) < 4.78 is 0. The first-order valence-corrected chi connectivity index (χ1v) is 8.90. The number of aromatic nitrogens is 1. The number of thiocarbonyl (C=S) groups is 1. The quantitative estimate of drug-likeness (QED) is 0.615. The summed E-state index contributed by atoms with van der Waals surface area (Å²) in [4.78, 5) is 30.7. The zero-order valence-corrected chi connectivity index (χ0v) is 14.8. The molecule has 3 unspecified atom stereocenters. The molecule has 2 N–H and O–H groups in total. The predicted octanol–water partition coefficient (Wildman–Crippen LogP) is 1.39. The Kier molecular flexibility index (Phi) is 5.43. The van der Waals surface area contributed by atoms with Gasteiger partial charge in [0.05, 0.1) is 5.92 Å². The Morgan fingerprint density at radius 1 is 1.52 bits per heavy atom. The fraction of sp³-hybridized carbons (Fsp3) is 0.444. The molecule has 0 spiro atoms. The van der Waals surface area contributed by atoms with Crippen LogP contribution >= 0.6 is 12.2 Å². The van der Waals surface area contributed by atoms with Gasteiger partial charge in [-0.2, -0.15) is 0 Å². The van der Waals surface area contributed by atoms with Gasteiger partial charge in [0, 0.05) is 37.4 Å². The number of nitrogens with zero attached hydrogens (tertiary/aromatic N) is 2. The number of rotatable bonds is 5. The molecule has 1 aliphatic carbocycles. The smallest absolute Gasteiger partial charge is 0.234 e. The third-order valence-electron chi connectivity index (χ3n) is 4.86. The average molecular weight is 358 g/mol. The van der Waals surface area contributed by atoms with Gasteiger partial charge in [-0.25, -0.2) is 0 Å². The summed E-state index contributed by atoms with van der Waals surface area (Å²) in [7, 11) is 0. The first kappa shape index (κ1) is 17.5. The molecule has 0 bridgehead atoms. The van der Waals surface area contributed by atoms with Gasteiger partial charge in [0.1, 0.15) is 0 Å². The number of nitrogens with one attached hydrogen (secondary N) is 2. The Labute approximate surface area is 152 Å². The molecule has 1 saturated heterocycles. The van der Waals surface area contributed by atoms with E-state index in [1.807, 2.05) is 12.1 Å². The Bertz CT molecular complexity index is 679. The topological polar surface area (TPSA) is 74.3 Å². The first-order valence-electron chi connectivity index (χ1n) is 8.49. The van der Waals surface area contributed by atoms with Crippen molar-refractivity contribution in [3.05, 3.63) is 42.7 Å². The summed E-state index contributed by atoms with van der Waals surface area (Å²) in [6.07, 6.45) is 7.14. The number of fused-ring (bicyclic) bond motifs is 1. The molecule has 0 aromatic carbocycles. The molecule has 3 atom stereocenters. The average Bonchev–Trinajstić information content (AvgIpc) is 2.63. The molecule has 1 aromatic heterocycles. The molecule has 25 heavy (non-hydrogen) atoms. The van der Waals surface area contributed by atoms with Crippen LogP contribution in [0.25, 0.3) is 0 Å². The van der Waals surface area contributed by atoms with E-state index in [0.29, 0.717) is 37.5 Å². The van der Waals surface area contributed by atoms with Crippen LogP contribution in [-0.2, 0) is 16.1 Å². The van der Waals surface area contributed by atoms with Gasteiger partial charge in [-0.05, 0) is 43.1 Å². The normalized spacial score (nSPS) is 25.8. The maximum absolute atomic E-state index is 12.6. The molecular formula is C18H22N4O2S. The lowest BCUT2D eigenvalue weighted by Gasteiger charge is -2.43. The van der Waals surface area contributed by atoms with Crippen LogP contribution in [0, 0.1) is 11.8 Å². The van der Waals surface area contributed by atoms with Crippen LogP contribution in [0.5, 0.6) is 0 Å². The highest BCUT2D eigenvalue weighted by Gasteiger charge is 2.43. The van der Waals surface area contributed by atoms with Crippen molar-refractivity contribution in [1.82, 2.24) is 20.5 Å².